The SMILES string of the molecule is CC(CC1CCCN1)Nc1c(Cl)cc(Br)cc1Cl. The van der Waals surface area contributed by atoms with E-state index in [1.54, 1.807) is 0 Å². The zero-order valence-electron chi connectivity index (χ0n) is 10.3. The molecular weight excluding hydrogens is 335 g/mol. The maximum Gasteiger partial charge on any atom is 0.0721 e. The number of anilines is 1. The van der Waals surface area contributed by atoms with E-state index in [-0.39, 0.29) is 0 Å². The first kappa shape index (κ1) is 14.4. The van der Waals surface area contributed by atoms with Crippen LogP contribution in [0.15, 0.2) is 16.6 Å². The third-order valence-corrected chi connectivity index (χ3v) is 4.25. The molecule has 2 unspecified atom stereocenters. The molecule has 0 aliphatic carbocycles. The van der Waals surface area contributed by atoms with Crippen LogP contribution in [0.5, 0.6) is 0 Å². The maximum atomic E-state index is 6.20. The third kappa shape index (κ3) is 3.77. The molecule has 2 rings (SSSR count). The second kappa shape index (κ2) is 6.47. The fraction of sp³-hybridized carbons (Fsp3) is 0.538. The first-order valence-corrected chi connectivity index (χ1v) is 7.75. The lowest BCUT2D eigenvalue weighted by atomic mass is 10.1. The Labute approximate surface area is 127 Å². The van der Waals surface area contributed by atoms with Gasteiger partial charge < -0.3 is 10.6 Å². The summed E-state index contributed by atoms with van der Waals surface area (Å²) in [5.41, 5.74) is 0.826. The average Bonchev–Trinajstić information content (AvgIpc) is 2.76. The second-order valence-corrected chi connectivity index (χ2v) is 6.55. The Kier molecular flexibility index (Phi) is 5.19. The summed E-state index contributed by atoms with van der Waals surface area (Å²) >= 11 is 15.8. The minimum absolute atomic E-state index is 0.344. The van der Waals surface area contributed by atoms with Crippen molar-refractivity contribution < 1.29 is 0 Å². The molecule has 100 valence electrons. The lowest BCUT2D eigenvalue weighted by Gasteiger charge is -2.21. The molecule has 2 nitrogen and oxygen atoms in total. The van der Waals surface area contributed by atoms with Gasteiger partial charge in [0, 0.05) is 16.6 Å². The van der Waals surface area contributed by atoms with Crippen LogP contribution < -0.4 is 10.6 Å². The van der Waals surface area contributed by atoms with Crippen LogP contribution in [-0.2, 0) is 0 Å². The molecule has 2 atom stereocenters. The van der Waals surface area contributed by atoms with Crippen molar-refractivity contribution in [2.75, 3.05) is 11.9 Å². The monoisotopic (exact) mass is 350 g/mol. The highest BCUT2D eigenvalue weighted by Crippen LogP contribution is 2.34. The van der Waals surface area contributed by atoms with Gasteiger partial charge in [0.1, 0.15) is 0 Å². The molecule has 0 radical (unpaired) electrons. The van der Waals surface area contributed by atoms with E-state index in [1.165, 1.54) is 12.8 Å². The summed E-state index contributed by atoms with van der Waals surface area (Å²) in [5, 5.41) is 8.21. The van der Waals surface area contributed by atoms with Gasteiger partial charge in [-0.15, -0.1) is 0 Å². The molecule has 0 amide bonds. The van der Waals surface area contributed by atoms with Crippen LogP contribution >= 0.6 is 39.1 Å². The molecule has 5 heteroatoms. The zero-order valence-corrected chi connectivity index (χ0v) is 13.4. The lowest BCUT2D eigenvalue weighted by molar-refractivity contribution is 0.523. The molecule has 1 heterocycles. The summed E-state index contributed by atoms with van der Waals surface area (Å²) in [6, 6.07) is 4.67. The van der Waals surface area contributed by atoms with Gasteiger partial charge in [0.05, 0.1) is 15.7 Å². The summed E-state index contributed by atoms with van der Waals surface area (Å²) in [6.07, 6.45) is 3.62. The number of rotatable bonds is 4. The molecule has 1 aliphatic heterocycles. The minimum Gasteiger partial charge on any atom is -0.380 e. The van der Waals surface area contributed by atoms with E-state index in [4.69, 9.17) is 23.2 Å². The first-order chi connectivity index (χ1) is 8.56. The quantitative estimate of drug-likeness (QED) is 0.821. The van der Waals surface area contributed by atoms with E-state index in [9.17, 15) is 0 Å². The zero-order chi connectivity index (χ0) is 13.1. The van der Waals surface area contributed by atoms with Crippen molar-refractivity contribution in [1.82, 2.24) is 5.32 Å². The van der Waals surface area contributed by atoms with Crippen molar-refractivity contribution in [2.45, 2.75) is 38.3 Å². The molecular formula is C13H17BrCl2N2. The molecule has 1 saturated heterocycles. The summed E-state index contributed by atoms with van der Waals surface area (Å²) in [7, 11) is 0. The first-order valence-electron chi connectivity index (χ1n) is 6.20. The van der Waals surface area contributed by atoms with E-state index in [0.29, 0.717) is 22.1 Å². The van der Waals surface area contributed by atoms with Crippen molar-refractivity contribution in [3.63, 3.8) is 0 Å². The van der Waals surface area contributed by atoms with Gasteiger partial charge in [-0.3, -0.25) is 0 Å². The number of benzene rings is 1. The molecule has 2 N–H and O–H groups in total. The lowest BCUT2D eigenvalue weighted by Crippen LogP contribution is -2.29. The van der Waals surface area contributed by atoms with E-state index in [2.05, 4.69) is 33.5 Å². The van der Waals surface area contributed by atoms with Crippen LogP contribution in [0, 0.1) is 0 Å². The van der Waals surface area contributed by atoms with Gasteiger partial charge in [-0.25, -0.2) is 0 Å². The fourth-order valence-corrected chi connectivity index (χ4v) is 3.69. The summed E-state index contributed by atoms with van der Waals surface area (Å²) in [6.45, 7) is 3.30. The summed E-state index contributed by atoms with van der Waals surface area (Å²) < 4.78 is 0.896. The molecule has 1 fully saturated rings. The predicted octanol–water partition coefficient (Wildman–Crippen LogP) is 4.70. The Hall–Kier alpha value is 0.0400. The molecule has 0 aromatic heterocycles. The number of hydrogen-bond donors (Lipinski definition) is 2. The van der Waals surface area contributed by atoms with Gasteiger partial charge in [-0.05, 0) is 44.9 Å². The topological polar surface area (TPSA) is 24.1 Å². The molecule has 18 heavy (non-hydrogen) atoms. The Bertz CT molecular complexity index is 396. The van der Waals surface area contributed by atoms with Crippen molar-refractivity contribution in [2.24, 2.45) is 0 Å². The molecule has 1 aliphatic rings. The molecule has 1 aromatic rings. The Morgan fingerprint density at radius 2 is 2.11 bits per heavy atom. The molecule has 0 spiro atoms. The van der Waals surface area contributed by atoms with Gasteiger partial charge in [0.15, 0.2) is 0 Å². The number of nitrogens with one attached hydrogen (secondary N) is 2. The van der Waals surface area contributed by atoms with Crippen molar-refractivity contribution in [3.8, 4) is 0 Å². The normalized spacial score (nSPS) is 21.0. The van der Waals surface area contributed by atoms with Crippen LogP contribution in [0.2, 0.25) is 10.0 Å². The van der Waals surface area contributed by atoms with E-state index in [0.717, 1.165) is 23.1 Å². The Balaban J connectivity index is 1.99. The van der Waals surface area contributed by atoms with Gasteiger partial charge in [0.25, 0.3) is 0 Å². The number of halogens is 3. The average molecular weight is 352 g/mol. The van der Waals surface area contributed by atoms with Crippen LogP contribution in [0.25, 0.3) is 0 Å². The number of hydrogen-bond acceptors (Lipinski definition) is 2. The van der Waals surface area contributed by atoms with Gasteiger partial charge in [-0.1, -0.05) is 39.1 Å². The second-order valence-electron chi connectivity index (χ2n) is 4.82. The highest BCUT2D eigenvalue weighted by atomic mass is 79.9. The third-order valence-electron chi connectivity index (χ3n) is 3.20. The minimum atomic E-state index is 0.344. The summed E-state index contributed by atoms with van der Waals surface area (Å²) in [4.78, 5) is 0. The molecule has 0 bridgehead atoms. The Morgan fingerprint density at radius 3 is 2.67 bits per heavy atom. The maximum absolute atomic E-state index is 6.20. The standard InChI is InChI=1S/C13H17BrCl2N2/c1-8(5-10-3-2-4-17-10)18-13-11(15)6-9(14)7-12(13)16/h6-8,10,17-18H,2-5H2,1H3. The van der Waals surface area contributed by atoms with E-state index in [1.807, 2.05) is 12.1 Å². The van der Waals surface area contributed by atoms with E-state index < -0.39 is 0 Å². The van der Waals surface area contributed by atoms with Crippen LogP contribution in [0.1, 0.15) is 26.2 Å². The van der Waals surface area contributed by atoms with Crippen LogP contribution in [0.4, 0.5) is 5.69 Å². The van der Waals surface area contributed by atoms with Gasteiger partial charge in [-0.2, -0.15) is 0 Å². The summed E-state index contributed by atoms with van der Waals surface area (Å²) in [5.74, 6) is 0. The van der Waals surface area contributed by atoms with Crippen molar-refractivity contribution in [1.29, 1.82) is 0 Å². The highest BCUT2D eigenvalue weighted by molar-refractivity contribution is 9.10. The Morgan fingerprint density at radius 1 is 1.44 bits per heavy atom. The van der Waals surface area contributed by atoms with Gasteiger partial charge >= 0.3 is 0 Å². The van der Waals surface area contributed by atoms with Gasteiger partial charge in [0.2, 0.25) is 0 Å². The molecule has 0 saturated carbocycles. The largest absolute Gasteiger partial charge is 0.380 e. The fourth-order valence-electron chi connectivity index (χ4n) is 2.37. The predicted molar refractivity (Wildman–Crippen MR) is 82.9 cm³/mol. The van der Waals surface area contributed by atoms with E-state index >= 15 is 0 Å². The van der Waals surface area contributed by atoms with Crippen LogP contribution in [0.3, 0.4) is 0 Å². The smallest absolute Gasteiger partial charge is 0.0721 e. The highest BCUT2D eigenvalue weighted by Gasteiger charge is 2.18. The molecule has 1 aromatic carbocycles. The van der Waals surface area contributed by atoms with Crippen LogP contribution in [-0.4, -0.2) is 18.6 Å². The van der Waals surface area contributed by atoms with Crippen molar-refractivity contribution >= 4 is 44.8 Å². The van der Waals surface area contributed by atoms with Crippen molar-refractivity contribution in [3.05, 3.63) is 26.7 Å².